The van der Waals surface area contributed by atoms with Crippen LogP contribution in [0.1, 0.15) is 49.1 Å². The lowest BCUT2D eigenvalue weighted by atomic mass is 9.67. The van der Waals surface area contributed by atoms with Crippen LogP contribution in [0.25, 0.3) is 5.57 Å². The summed E-state index contributed by atoms with van der Waals surface area (Å²) in [6, 6.07) is 19.4. The summed E-state index contributed by atoms with van der Waals surface area (Å²) in [6.07, 6.45) is 10.6. The first-order valence-corrected chi connectivity index (χ1v) is 10.1. The molecule has 0 aromatic heterocycles. The minimum absolute atomic E-state index is 0.325. The first kappa shape index (κ1) is 17.9. The largest absolute Gasteiger partial charge is 0.496 e. The van der Waals surface area contributed by atoms with Gasteiger partial charge in [0, 0.05) is 11.5 Å². The molecule has 0 amide bonds. The van der Waals surface area contributed by atoms with Gasteiger partial charge in [0.05, 0.1) is 7.11 Å². The van der Waals surface area contributed by atoms with Crippen LogP contribution in [0.15, 0.2) is 84.5 Å². The van der Waals surface area contributed by atoms with E-state index in [9.17, 15) is 0 Å². The molecule has 27 heavy (non-hydrogen) atoms. The predicted octanol–water partition coefficient (Wildman–Crippen LogP) is 6.94. The van der Waals surface area contributed by atoms with Crippen LogP contribution in [0.4, 0.5) is 0 Å². The summed E-state index contributed by atoms with van der Waals surface area (Å²) >= 11 is 0. The monoisotopic (exact) mass is 356 g/mol. The van der Waals surface area contributed by atoms with Gasteiger partial charge in [-0.3, -0.25) is 0 Å². The molecule has 0 N–H and O–H groups in total. The van der Waals surface area contributed by atoms with Gasteiger partial charge in [0.15, 0.2) is 0 Å². The highest BCUT2D eigenvalue weighted by Crippen LogP contribution is 2.50. The molecule has 0 aliphatic heterocycles. The van der Waals surface area contributed by atoms with Crippen molar-refractivity contribution >= 4 is 5.57 Å². The van der Waals surface area contributed by atoms with Gasteiger partial charge in [-0.2, -0.15) is 0 Å². The molecule has 0 saturated carbocycles. The Morgan fingerprint density at radius 2 is 1.74 bits per heavy atom. The van der Waals surface area contributed by atoms with Crippen LogP contribution < -0.4 is 4.74 Å². The maximum atomic E-state index is 5.73. The fraction of sp³-hybridized carbons (Fsp3) is 0.308. The minimum Gasteiger partial charge on any atom is -0.496 e. The summed E-state index contributed by atoms with van der Waals surface area (Å²) in [7, 11) is 1.78. The summed E-state index contributed by atoms with van der Waals surface area (Å²) < 4.78 is 5.73. The number of hydrogen-bond donors (Lipinski definition) is 0. The number of allylic oxidation sites excluding steroid dienone is 5. The lowest BCUT2D eigenvalue weighted by molar-refractivity contribution is 0.399. The number of methoxy groups -OCH3 is 1. The number of hydrogen-bond acceptors (Lipinski definition) is 1. The third-order valence-corrected chi connectivity index (χ3v) is 6.07. The van der Waals surface area contributed by atoms with Gasteiger partial charge in [-0.25, -0.2) is 0 Å². The van der Waals surface area contributed by atoms with Gasteiger partial charge in [0.2, 0.25) is 0 Å². The molecule has 2 atom stereocenters. The van der Waals surface area contributed by atoms with Crippen molar-refractivity contribution in [1.82, 2.24) is 0 Å². The summed E-state index contributed by atoms with van der Waals surface area (Å²) in [6.45, 7) is 4.07. The van der Waals surface area contributed by atoms with Crippen molar-refractivity contribution in [2.45, 2.75) is 38.0 Å². The van der Waals surface area contributed by atoms with E-state index in [0.717, 1.165) is 12.2 Å². The van der Waals surface area contributed by atoms with Crippen LogP contribution in [0.2, 0.25) is 0 Å². The second-order valence-corrected chi connectivity index (χ2v) is 7.56. The zero-order valence-corrected chi connectivity index (χ0v) is 16.2. The molecular formula is C26H28O. The summed E-state index contributed by atoms with van der Waals surface area (Å²) in [5.41, 5.74) is 7.30. The molecule has 0 heterocycles. The van der Waals surface area contributed by atoms with Crippen LogP contribution in [0, 0.1) is 5.92 Å². The van der Waals surface area contributed by atoms with Crippen LogP contribution in [-0.2, 0) is 0 Å². The minimum atomic E-state index is 0.325. The SMILES string of the molecule is C=CC[C@@H]1C2=C(CCCC2)C(c2ccccc2)=C[C@H]1c1ccccc1OC. The maximum Gasteiger partial charge on any atom is 0.122 e. The van der Waals surface area contributed by atoms with Crippen LogP contribution >= 0.6 is 0 Å². The van der Waals surface area contributed by atoms with E-state index in [0.29, 0.717) is 11.8 Å². The normalized spacial score (nSPS) is 22.0. The van der Waals surface area contributed by atoms with Crippen LogP contribution in [-0.4, -0.2) is 7.11 Å². The summed E-state index contributed by atoms with van der Waals surface area (Å²) in [4.78, 5) is 0. The predicted molar refractivity (Wildman–Crippen MR) is 114 cm³/mol. The van der Waals surface area contributed by atoms with Crippen molar-refractivity contribution in [1.29, 1.82) is 0 Å². The first-order chi connectivity index (χ1) is 13.3. The Kier molecular flexibility index (Phi) is 5.29. The van der Waals surface area contributed by atoms with Gasteiger partial charge in [-0.15, -0.1) is 6.58 Å². The molecule has 2 aromatic rings. The average Bonchev–Trinajstić information content (AvgIpc) is 2.74. The average molecular weight is 357 g/mol. The maximum absolute atomic E-state index is 5.73. The zero-order chi connectivity index (χ0) is 18.6. The van der Waals surface area contributed by atoms with Crippen molar-refractivity contribution in [3.8, 4) is 5.75 Å². The Labute approximate surface area is 163 Å². The molecule has 138 valence electrons. The van der Waals surface area contributed by atoms with Gasteiger partial charge >= 0.3 is 0 Å². The lowest BCUT2D eigenvalue weighted by Crippen LogP contribution is -2.22. The van der Waals surface area contributed by atoms with Crippen molar-refractivity contribution < 1.29 is 4.74 Å². The smallest absolute Gasteiger partial charge is 0.122 e. The van der Waals surface area contributed by atoms with Gasteiger partial charge < -0.3 is 4.74 Å². The molecule has 0 unspecified atom stereocenters. The quantitative estimate of drug-likeness (QED) is 0.527. The van der Waals surface area contributed by atoms with E-state index in [-0.39, 0.29) is 0 Å². The Morgan fingerprint density at radius 3 is 2.52 bits per heavy atom. The fourth-order valence-electron chi connectivity index (χ4n) is 4.86. The third kappa shape index (κ3) is 3.39. The van der Waals surface area contributed by atoms with Gasteiger partial charge in [-0.1, -0.05) is 66.3 Å². The van der Waals surface area contributed by atoms with E-state index >= 15 is 0 Å². The molecular weight excluding hydrogens is 328 g/mol. The topological polar surface area (TPSA) is 9.23 Å². The Hall–Kier alpha value is -2.54. The van der Waals surface area contributed by atoms with Crippen molar-refractivity contribution in [3.63, 3.8) is 0 Å². The molecule has 1 heteroatoms. The van der Waals surface area contributed by atoms with E-state index in [2.05, 4.69) is 73.3 Å². The molecule has 0 spiro atoms. The number of ether oxygens (including phenoxy) is 1. The highest BCUT2D eigenvalue weighted by molar-refractivity contribution is 5.82. The van der Waals surface area contributed by atoms with Crippen molar-refractivity contribution in [3.05, 3.63) is 95.6 Å². The van der Waals surface area contributed by atoms with E-state index < -0.39 is 0 Å². The second kappa shape index (κ2) is 8.00. The van der Waals surface area contributed by atoms with Crippen LogP contribution in [0.3, 0.4) is 0 Å². The summed E-state index contributed by atoms with van der Waals surface area (Å²) in [5.74, 6) is 1.80. The Morgan fingerprint density at radius 1 is 1.00 bits per heavy atom. The molecule has 1 nitrogen and oxygen atoms in total. The van der Waals surface area contributed by atoms with Crippen molar-refractivity contribution in [2.75, 3.05) is 7.11 Å². The van der Waals surface area contributed by atoms with Crippen LogP contribution in [0.5, 0.6) is 5.75 Å². The highest BCUT2D eigenvalue weighted by Gasteiger charge is 2.34. The number of rotatable bonds is 5. The van der Waals surface area contributed by atoms with E-state index in [1.165, 1.54) is 42.4 Å². The molecule has 4 rings (SSSR count). The number of para-hydroxylation sites is 1. The van der Waals surface area contributed by atoms with E-state index in [1.807, 2.05) is 0 Å². The molecule has 2 aliphatic carbocycles. The van der Waals surface area contributed by atoms with Gasteiger partial charge in [0.1, 0.15) is 5.75 Å². The highest BCUT2D eigenvalue weighted by atomic mass is 16.5. The Bertz CT molecular complexity index is 872. The fourth-order valence-corrected chi connectivity index (χ4v) is 4.86. The lowest BCUT2D eigenvalue weighted by Gasteiger charge is -2.38. The standard InChI is InChI=1S/C26H28O/c1-3-11-20-21-14-7-8-15-22(21)24(19-12-5-4-6-13-19)18-25(20)23-16-9-10-17-26(23)27-2/h3-6,9-10,12-13,16-18,20,25H,1,7-8,11,14-15H2,2H3/t20-,25-/m1/s1. The Balaban J connectivity index is 1.89. The van der Waals surface area contributed by atoms with Gasteiger partial charge in [-0.05, 0) is 60.8 Å². The number of benzene rings is 2. The van der Waals surface area contributed by atoms with Crippen molar-refractivity contribution in [2.24, 2.45) is 5.92 Å². The van der Waals surface area contributed by atoms with E-state index in [4.69, 9.17) is 4.74 Å². The molecule has 0 saturated heterocycles. The second-order valence-electron chi connectivity index (χ2n) is 7.56. The summed E-state index contributed by atoms with van der Waals surface area (Å²) in [5, 5.41) is 0. The van der Waals surface area contributed by atoms with Gasteiger partial charge in [0.25, 0.3) is 0 Å². The molecule has 0 fully saturated rings. The molecule has 0 radical (unpaired) electrons. The zero-order valence-electron chi connectivity index (χ0n) is 16.2. The first-order valence-electron chi connectivity index (χ1n) is 10.1. The van der Waals surface area contributed by atoms with E-state index in [1.54, 1.807) is 18.3 Å². The molecule has 2 aromatic carbocycles. The third-order valence-electron chi connectivity index (χ3n) is 6.07. The molecule has 2 aliphatic rings. The molecule has 0 bridgehead atoms.